The van der Waals surface area contributed by atoms with Crippen LogP contribution in [0.5, 0.6) is 0 Å². The highest BCUT2D eigenvalue weighted by atomic mass is 19.1. The van der Waals surface area contributed by atoms with Crippen LogP contribution in [0.1, 0.15) is 11.1 Å². The Morgan fingerprint density at radius 2 is 2.36 bits per heavy atom. The maximum absolute atomic E-state index is 13.4. The minimum absolute atomic E-state index is 0.229. The van der Waals surface area contributed by atoms with Crippen LogP contribution in [0.25, 0.3) is 5.57 Å². The lowest BCUT2D eigenvalue weighted by molar-refractivity contribution is 0.654. The van der Waals surface area contributed by atoms with Crippen molar-refractivity contribution >= 4 is 5.57 Å². The summed E-state index contributed by atoms with van der Waals surface area (Å²) in [6.07, 6.45) is 6.63. The Kier molecular flexibility index (Phi) is 2.31. The van der Waals surface area contributed by atoms with Gasteiger partial charge in [-0.1, -0.05) is 6.08 Å². The first kappa shape index (κ1) is 8.94. The van der Waals surface area contributed by atoms with Crippen LogP contribution < -0.4 is 5.32 Å². The Bertz CT molecular complexity index is 408. The molecule has 1 aromatic heterocycles. The molecule has 0 aliphatic carbocycles. The van der Waals surface area contributed by atoms with Gasteiger partial charge in [0.25, 0.3) is 0 Å². The van der Waals surface area contributed by atoms with Crippen LogP contribution in [0, 0.1) is 6.92 Å². The predicted molar refractivity (Wildman–Crippen MR) is 54.1 cm³/mol. The standard InChI is InChI=1S/C11H11FN2/c1-8-2-4-13-6-10(8)9-3-5-14-7-11(9)12/h2-4,6-7,14H,5H2,1H3. The lowest BCUT2D eigenvalue weighted by Gasteiger charge is -2.12. The van der Waals surface area contributed by atoms with E-state index in [1.165, 1.54) is 6.20 Å². The van der Waals surface area contributed by atoms with Gasteiger partial charge in [-0.2, -0.15) is 0 Å². The number of aromatic nitrogens is 1. The molecule has 0 unspecified atom stereocenters. The number of nitrogens with one attached hydrogen (secondary N) is 1. The second-order valence-corrected chi connectivity index (χ2v) is 3.21. The number of aryl methyl sites for hydroxylation is 1. The average Bonchev–Trinajstić information content (AvgIpc) is 2.20. The zero-order chi connectivity index (χ0) is 9.97. The third kappa shape index (κ3) is 1.53. The van der Waals surface area contributed by atoms with Gasteiger partial charge in [0.2, 0.25) is 0 Å². The molecular formula is C11H11FN2. The molecule has 0 fully saturated rings. The summed E-state index contributed by atoms with van der Waals surface area (Å²) in [4.78, 5) is 4.00. The summed E-state index contributed by atoms with van der Waals surface area (Å²) in [6, 6.07) is 1.88. The van der Waals surface area contributed by atoms with Gasteiger partial charge in [-0.25, -0.2) is 4.39 Å². The molecule has 0 radical (unpaired) electrons. The minimum Gasteiger partial charge on any atom is -0.385 e. The number of rotatable bonds is 1. The molecule has 0 saturated carbocycles. The molecule has 72 valence electrons. The summed E-state index contributed by atoms with van der Waals surface area (Å²) in [5.74, 6) is -0.229. The summed E-state index contributed by atoms with van der Waals surface area (Å²) < 4.78 is 13.4. The summed E-state index contributed by atoms with van der Waals surface area (Å²) in [5, 5.41) is 2.82. The molecule has 2 nitrogen and oxygen atoms in total. The first-order chi connectivity index (χ1) is 6.79. The van der Waals surface area contributed by atoms with Crippen LogP contribution in [0.2, 0.25) is 0 Å². The van der Waals surface area contributed by atoms with E-state index in [9.17, 15) is 4.39 Å². The van der Waals surface area contributed by atoms with Gasteiger partial charge < -0.3 is 5.32 Å². The van der Waals surface area contributed by atoms with Crippen molar-refractivity contribution in [3.05, 3.63) is 47.7 Å². The van der Waals surface area contributed by atoms with Crippen molar-refractivity contribution in [2.75, 3.05) is 6.54 Å². The fourth-order valence-corrected chi connectivity index (χ4v) is 1.47. The van der Waals surface area contributed by atoms with Gasteiger partial charge in [-0.3, -0.25) is 4.98 Å². The second-order valence-electron chi connectivity index (χ2n) is 3.21. The van der Waals surface area contributed by atoms with Gasteiger partial charge >= 0.3 is 0 Å². The molecule has 0 atom stereocenters. The monoisotopic (exact) mass is 190 g/mol. The summed E-state index contributed by atoms with van der Waals surface area (Å²) >= 11 is 0. The van der Waals surface area contributed by atoms with E-state index < -0.39 is 0 Å². The van der Waals surface area contributed by atoms with Crippen molar-refractivity contribution in [1.29, 1.82) is 0 Å². The molecule has 1 N–H and O–H groups in total. The number of hydrogen-bond donors (Lipinski definition) is 1. The molecule has 14 heavy (non-hydrogen) atoms. The van der Waals surface area contributed by atoms with Gasteiger partial charge in [0.15, 0.2) is 0 Å². The zero-order valence-electron chi connectivity index (χ0n) is 7.92. The molecule has 0 aromatic carbocycles. The van der Waals surface area contributed by atoms with Gasteiger partial charge in [0.1, 0.15) is 5.83 Å². The lowest BCUT2D eigenvalue weighted by atomic mass is 10.0. The molecule has 2 rings (SSSR count). The molecule has 1 aromatic rings. The smallest absolute Gasteiger partial charge is 0.146 e. The van der Waals surface area contributed by atoms with Gasteiger partial charge in [0.05, 0.1) is 0 Å². The first-order valence-electron chi connectivity index (χ1n) is 4.49. The van der Waals surface area contributed by atoms with E-state index in [0.29, 0.717) is 12.1 Å². The number of allylic oxidation sites excluding steroid dienone is 2. The van der Waals surface area contributed by atoms with E-state index in [1.54, 1.807) is 12.4 Å². The maximum atomic E-state index is 13.4. The van der Waals surface area contributed by atoms with Crippen LogP contribution in [0.3, 0.4) is 0 Å². The summed E-state index contributed by atoms with van der Waals surface area (Å²) in [5.41, 5.74) is 2.54. The Morgan fingerprint density at radius 3 is 3.07 bits per heavy atom. The minimum atomic E-state index is -0.229. The van der Waals surface area contributed by atoms with E-state index in [1.807, 2.05) is 19.1 Å². The molecule has 2 heterocycles. The van der Waals surface area contributed by atoms with Crippen molar-refractivity contribution in [3.63, 3.8) is 0 Å². The topological polar surface area (TPSA) is 24.9 Å². The molecule has 0 bridgehead atoms. The van der Waals surface area contributed by atoms with E-state index in [0.717, 1.165) is 11.1 Å². The number of dihydropyridines is 1. The highest BCUT2D eigenvalue weighted by molar-refractivity contribution is 5.79. The number of hydrogen-bond acceptors (Lipinski definition) is 2. The Labute approximate surface area is 82.2 Å². The maximum Gasteiger partial charge on any atom is 0.146 e. The van der Waals surface area contributed by atoms with Crippen molar-refractivity contribution in [2.45, 2.75) is 6.92 Å². The Hall–Kier alpha value is -1.64. The Balaban J connectivity index is 2.45. The van der Waals surface area contributed by atoms with Gasteiger partial charge in [0, 0.05) is 36.3 Å². The predicted octanol–water partition coefficient (Wildman–Crippen LogP) is 2.19. The van der Waals surface area contributed by atoms with Crippen LogP contribution in [-0.4, -0.2) is 11.5 Å². The summed E-state index contributed by atoms with van der Waals surface area (Å²) in [6.45, 7) is 2.62. The molecule has 0 saturated heterocycles. The fraction of sp³-hybridized carbons (Fsp3) is 0.182. The molecule has 1 aliphatic heterocycles. The van der Waals surface area contributed by atoms with Crippen LogP contribution in [0.15, 0.2) is 36.6 Å². The quantitative estimate of drug-likeness (QED) is 0.734. The van der Waals surface area contributed by atoms with E-state index in [2.05, 4.69) is 10.3 Å². The van der Waals surface area contributed by atoms with Crippen molar-refractivity contribution < 1.29 is 4.39 Å². The van der Waals surface area contributed by atoms with E-state index in [-0.39, 0.29) is 5.83 Å². The van der Waals surface area contributed by atoms with Gasteiger partial charge in [-0.05, 0) is 18.6 Å². The molecule has 0 amide bonds. The SMILES string of the molecule is Cc1ccncc1C1=CCNC=C1F. The third-order valence-corrected chi connectivity index (χ3v) is 2.24. The van der Waals surface area contributed by atoms with Crippen molar-refractivity contribution in [3.8, 4) is 0 Å². The largest absolute Gasteiger partial charge is 0.385 e. The normalized spacial score (nSPS) is 15.6. The molecule has 1 aliphatic rings. The molecule has 3 heteroatoms. The average molecular weight is 190 g/mol. The van der Waals surface area contributed by atoms with Crippen LogP contribution >= 0.6 is 0 Å². The second kappa shape index (κ2) is 3.62. The number of pyridine rings is 1. The highest BCUT2D eigenvalue weighted by Gasteiger charge is 2.12. The molecule has 0 spiro atoms. The molecular weight excluding hydrogens is 179 g/mol. The lowest BCUT2D eigenvalue weighted by Crippen LogP contribution is -2.11. The Morgan fingerprint density at radius 1 is 1.50 bits per heavy atom. The van der Waals surface area contributed by atoms with E-state index in [4.69, 9.17) is 0 Å². The third-order valence-electron chi connectivity index (χ3n) is 2.24. The highest BCUT2D eigenvalue weighted by Crippen LogP contribution is 2.26. The van der Waals surface area contributed by atoms with Crippen molar-refractivity contribution in [2.24, 2.45) is 0 Å². The van der Waals surface area contributed by atoms with E-state index >= 15 is 0 Å². The summed E-state index contributed by atoms with van der Waals surface area (Å²) in [7, 11) is 0. The van der Waals surface area contributed by atoms with Crippen LogP contribution in [-0.2, 0) is 0 Å². The number of nitrogens with zero attached hydrogens (tertiary/aromatic N) is 1. The van der Waals surface area contributed by atoms with Crippen molar-refractivity contribution in [1.82, 2.24) is 10.3 Å². The number of halogens is 1. The van der Waals surface area contributed by atoms with Crippen LogP contribution in [0.4, 0.5) is 4.39 Å². The first-order valence-corrected chi connectivity index (χ1v) is 4.49. The fourth-order valence-electron chi connectivity index (χ4n) is 1.47. The van der Waals surface area contributed by atoms with Gasteiger partial charge in [-0.15, -0.1) is 0 Å². The zero-order valence-corrected chi connectivity index (χ0v) is 7.92.